The highest BCUT2D eigenvalue weighted by atomic mass is 15.3. The van der Waals surface area contributed by atoms with Crippen LogP contribution in [-0.4, -0.2) is 35.1 Å². The van der Waals surface area contributed by atoms with Crippen LogP contribution in [0.25, 0.3) is 0 Å². The van der Waals surface area contributed by atoms with Crippen molar-refractivity contribution in [3.05, 3.63) is 29.6 Å². The topological polar surface area (TPSA) is 28.2 Å². The Morgan fingerprint density at radius 1 is 1.32 bits per heavy atom. The van der Waals surface area contributed by atoms with Crippen molar-refractivity contribution in [3.63, 3.8) is 0 Å². The van der Waals surface area contributed by atoms with Gasteiger partial charge < -0.3 is 5.32 Å². The summed E-state index contributed by atoms with van der Waals surface area (Å²) in [7, 11) is 0. The Kier molecular flexibility index (Phi) is 3.85. The van der Waals surface area contributed by atoms with Crippen LogP contribution in [0.15, 0.2) is 18.3 Å². The maximum Gasteiger partial charge on any atom is 0.0573 e. The molecule has 2 heterocycles. The second-order valence-electron chi connectivity index (χ2n) is 6.15. The van der Waals surface area contributed by atoms with Gasteiger partial charge in [-0.3, -0.25) is 9.88 Å². The molecule has 3 nitrogen and oxygen atoms in total. The molecule has 1 spiro atoms. The van der Waals surface area contributed by atoms with Gasteiger partial charge in [0, 0.05) is 37.9 Å². The standard InChI is InChI=1S/C16H25N3/c1-14-6-5-9-18-15(14)12-19-11-10-17-13-16(19)7-3-2-4-8-16/h5-6,9,17H,2-4,7-8,10-13H2,1H3. The number of aryl methyl sites for hydroxylation is 1. The van der Waals surface area contributed by atoms with Gasteiger partial charge in [-0.1, -0.05) is 25.3 Å². The number of hydrogen-bond donors (Lipinski definition) is 1. The monoisotopic (exact) mass is 259 g/mol. The molecule has 104 valence electrons. The largest absolute Gasteiger partial charge is 0.314 e. The average Bonchev–Trinajstić information content (AvgIpc) is 2.45. The summed E-state index contributed by atoms with van der Waals surface area (Å²) in [6.45, 7) is 6.65. The minimum absolute atomic E-state index is 0.403. The zero-order valence-corrected chi connectivity index (χ0v) is 12.0. The second-order valence-corrected chi connectivity index (χ2v) is 6.15. The molecule has 1 aromatic rings. The number of rotatable bonds is 2. The molecule has 0 radical (unpaired) electrons. The van der Waals surface area contributed by atoms with E-state index in [1.807, 2.05) is 12.3 Å². The van der Waals surface area contributed by atoms with Crippen LogP contribution in [-0.2, 0) is 6.54 Å². The predicted octanol–water partition coefficient (Wildman–Crippen LogP) is 2.50. The number of nitrogens with zero attached hydrogens (tertiary/aromatic N) is 2. The molecule has 1 aromatic heterocycles. The molecule has 0 atom stereocenters. The molecule has 0 aromatic carbocycles. The summed E-state index contributed by atoms with van der Waals surface area (Å²) >= 11 is 0. The summed E-state index contributed by atoms with van der Waals surface area (Å²) in [4.78, 5) is 7.29. The van der Waals surface area contributed by atoms with E-state index in [-0.39, 0.29) is 0 Å². The lowest BCUT2D eigenvalue weighted by atomic mass is 9.79. The summed E-state index contributed by atoms with van der Waals surface area (Å²) < 4.78 is 0. The molecule has 0 unspecified atom stereocenters. The van der Waals surface area contributed by atoms with Crippen molar-refractivity contribution in [1.82, 2.24) is 15.2 Å². The molecule has 19 heavy (non-hydrogen) atoms. The van der Waals surface area contributed by atoms with Gasteiger partial charge in [0.05, 0.1) is 5.69 Å². The van der Waals surface area contributed by atoms with E-state index in [2.05, 4.69) is 28.2 Å². The van der Waals surface area contributed by atoms with E-state index in [1.54, 1.807) is 0 Å². The van der Waals surface area contributed by atoms with Crippen LogP contribution in [0.2, 0.25) is 0 Å². The van der Waals surface area contributed by atoms with Gasteiger partial charge in [0.15, 0.2) is 0 Å². The Morgan fingerprint density at radius 2 is 2.16 bits per heavy atom. The molecular formula is C16H25N3. The zero-order valence-electron chi connectivity index (χ0n) is 12.0. The highest BCUT2D eigenvalue weighted by Crippen LogP contribution is 2.35. The van der Waals surface area contributed by atoms with Crippen molar-refractivity contribution in [3.8, 4) is 0 Å². The molecule has 0 bridgehead atoms. The molecule has 3 heteroatoms. The fraction of sp³-hybridized carbons (Fsp3) is 0.688. The highest BCUT2D eigenvalue weighted by molar-refractivity contribution is 5.18. The van der Waals surface area contributed by atoms with Crippen LogP contribution in [0, 0.1) is 6.92 Å². The summed E-state index contributed by atoms with van der Waals surface area (Å²) in [5.74, 6) is 0. The highest BCUT2D eigenvalue weighted by Gasteiger charge is 2.39. The molecule has 1 saturated carbocycles. The summed E-state index contributed by atoms with van der Waals surface area (Å²) in [6, 6.07) is 4.21. The Hall–Kier alpha value is -0.930. The van der Waals surface area contributed by atoms with E-state index < -0.39 is 0 Å². The second kappa shape index (κ2) is 5.59. The van der Waals surface area contributed by atoms with E-state index in [0.717, 1.165) is 19.6 Å². The first-order chi connectivity index (χ1) is 9.30. The lowest BCUT2D eigenvalue weighted by molar-refractivity contribution is 0.0198. The molecule has 0 amide bonds. The fourth-order valence-corrected chi connectivity index (χ4v) is 3.70. The smallest absolute Gasteiger partial charge is 0.0573 e. The minimum Gasteiger partial charge on any atom is -0.314 e. The molecule has 1 aliphatic carbocycles. The van der Waals surface area contributed by atoms with E-state index in [9.17, 15) is 0 Å². The Bertz CT molecular complexity index is 415. The number of aromatic nitrogens is 1. The normalized spacial score (nSPS) is 23.6. The first-order valence-electron chi connectivity index (χ1n) is 7.66. The van der Waals surface area contributed by atoms with Gasteiger partial charge in [-0.05, 0) is 31.4 Å². The van der Waals surface area contributed by atoms with Gasteiger partial charge >= 0.3 is 0 Å². The van der Waals surface area contributed by atoms with Crippen LogP contribution < -0.4 is 5.32 Å². The minimum atomic E-state index is 0.403. The number of piperazine rings is 1. The van der Waals surface area contributed by atoms with Gasteiger partial charge in [-0.25, -0.2) is 0 Å². The van der Waals surface area contributed by atoms with E-state index in [1.165, 1.54) is 49.9 Å². The Morgan fingerprint density at radius 3 is 2.95 bits per heavy atom. The van der Waals surface area contributed by atoms with Crippen LogP contribution in [0.4, 0.5) is 0 Å². The third-order valence-corrected chi connectivity index (χ3v) is 4.93. The number of pyridine rings is 1. The van der Waals surface area contributed by atoms with E-state index in [0.29, 0.717) is 5.54 Å². The zero-order chi connectivity index (χ0) is 13.1. The fourth-order valence-electron chi connectivity index (χ4n) is 3.70. The van der Waals surface area contributed by atoms with Crippen molar-refractivity contribution in [2.75, 3.05) is 19.6 Å². The first kappa shape index (κ1) is 13.1. The predicted molar refractivity (Wildman–Crippen MR) is 78.1 cm³/mol. The molecule has 2 fully saturated rings. The lowest BCUT2D eigenvalue weighted by Gasteiger charge is -2.50. The van der Waals surface area contributed by atoms with Crippen molar-refractivity contribution in [2.45, 2.75) is 51.1 Å². The van der Waals surface area contributed by atoms with Crippen LogP contribution in [0.5, 0.6) is 0 Å². The average molecular weight is 259 g/mol. The number of nitrogens with one attached hydrogen (secondary N) is 1. The maximum absolute atomic E-state index is 4.59. The maximum atomic E-state index is 4.59. The van der Waals surface area contributed by atoms with E-state index in [4.69, 9.17) is 0 Å². The molecule has 1 N–H and O–H groups in total. The Balaban J connectivity index is 1.79. The van der Waals surface area contributed by atoms with E-state index >= 15 is 0 Å². The molecule has 1 aliphatic heterocycles. The van der Waals surface area contributed by atoms with Crippen molar-refractivity contribution < 1.29 is 0 Å². The lowest BCUT2D eigenvalue weighted by Crippen LogP contribution is -2.61. The molecule has 2 aliphatic rings. The van der Waals surface area contributed by atoms with Crippen LogP contribution in [0.1, 0.15) is 43.4 Å². The molecule has 1 saturated heterocycles. The first-order valence-corrected chi connectivity index (χ1v) is 7.66. The summed E-state index contributed by atoms with van der Waals surface area (Å²) in [5, 5.41) is 3.61. The molecule has 3 rings (SSSR count). The summed E-state index contributed by atoms with van der Waals surface area (Å²) in [5.41, 5.74) is 2.99. The van der Waals surface area contributed by atoms with Gasteiger partial charge in [0.2, 0.25) is 0 Å². The molecular weight excluding hydrogens is 234 g/mol. The van der Waals surface area contributed by atoms with Crippen molar-refractivity contribution >= 4 is 0 Å². The SMILES string of the molecule is Cc1cccnc1CN1CCNCC12CCCCC2. The van der Waals surface area contributed by atoms with Crippen molar-refractivity contribution in [2.24, 2.45) is 0 Å². The third-order valence-electron chi connectivity index (χ3n) is 4.93. The van der Waals surface area contributed by atoms with Gasteiger partial charge in [-0.2, -0.15) is 0 Å². The van der Waals surface area contributed by atoms with Gasteiger partial charge in [0.1, 0.15) is 0 Å². The Labute approximate surface area is 116 Å². The van der Waals surface area contributed by atoms with Crippen LogP contribution in [0.3, 0.4) is 0 Å². The van der Waals surface area contributed by atoms with Crippen LogP contribution >= 0.6 is 0 Å². The van der Waals surface area contributed by atoms with Gasteiger partial charge in [-0.15, -0.1) is 0 Å². The van der Waals surface area contributed by atoms with Gasteiger partial charge in [0.25, 0.3) is 0 Å². The summed E-state index contributed by atoms with van der Waals surface area (Å²) in [6.07, 6.45) is 8.83. The quantitative estimate of drug-likeness (QED) is 0.884. The third kappa shape index (κ3) is 2.67. The van der Waals surface area contributed by atoms with Crippen molar-refractivity contribution in [1.29, 1.82) is 0 Å². The number of hydrogen-bond acceptors (Lipinski definition) is 3.